The molecule has 0 aliphatic heterocycles. The Bertz CT molecular complexity index is 482. The normalized spacial score (nSPS) is 10.4. The van der Waals surface area contributed by atoms with Gasteiger partial charge in [0, 0.05) is 18.8 Å². The Morgan fingerprint density at radius 2 is 1.63 bits per heavy atom. The molecule has 0 spiro atoms. The molecule has 0 atom stereocenters. The van der Waals surface area contributed by atoms with Crippen LogP contribution in [0.15, 0.2) is 54.6 Å². The summed E-state index contributed by atoms with van der Waals surface area (Å²) in [5, 5.41) is 0. The van der Waals surface area contributed by atoms with Crippen molar-refractivity contribution in [3.8, 4) is 0 Å². The fourth-order valence-corrected chi connectivity index (χ4v) is 2.04. The zero-order valence-corrected chi connectivity index (χ0v) is 10.9. The second kappa shape index (κ2) is 6.90. The van der Waals surface area contributed by atoms with Gasteiger partial charge in [-0.05, 0) is 42.8 Å². The first-order valence-corrected chi connectivity index (χ1v) is 6.54. The summed E-state index contributed by atoms with van der Waals surface area (Å²) in [4.78, 5) is 2.22. The lowest BCUT2D eigenvalue weighted by molar-refractivity contribution is 0.627. The first-order valence-electron chi connectivity index (χ1n) is 6.54. The zero-order valence-electron chi connectivity index (χ0n) is 10.9. The largest absolute Gasteiger partial charge is 0.367 e. The van der Waals surface area contributed by atoms with Gasteiger partial charge < -0.3 is 10.6 Å². The molecule has 0 heterocycles. The van der Waals surface area contributed by atoms with Crippen LogP contribution >= 0.6 is 0 Å². The molecule has 0 aliphatic carbocycles. The van der Waals surface area contributed by atoms with Gasteiger partial charge in [0.05, 0.1) is 0 Å². The summed E-state index contributed by atoms with van der Waals surface area (Å²) in [6.07, 6.45) is 0.921. The van der Waals surface area contributed by atoms with Gasteiger partial charge in [-0.15, -0.1) is 0 Å². The lowest BCUT2D eigenvalue weighted by atomic mass is 10.2. The van der Waals surface area contributed by atoms with Gasteiger partial charge in [0.2, 0.25) is 0 Å². The van der Waals surface area contributed by atoms with Gasteiger partial charge >= 0.3 is 0 Å². The van der Waals surface area contributed by atoms with E-state index in [0.29, 0.717) is 6.54 Å². The van der Waals surface area contributed by atoms with Crippen LogP contribution in [-0.4, -0.2) is 13.1 Å². The summed E-state index contributed by atoms with van der Waals surface area (Å²) in [7, 11) is 0. The highest BCUT2D eigenvalue weighted by Crippen LogP contribution is 2.18. The number of benzene rings is 2. The number of nitrogens with two attached hydrogens (primary N) is 1. The summed E-state index contributed by atoms with van der Waals surface area (Å²) >= 11 is 0. The highest BCUT2D eigenvalue weighted by Gasteiger charge is 2.07. The van der Waals surface area contributed by atoms with Crippen molar-refractivity contribution in [1.29, 1.82) is 0 Å². The number of nitrogens with zero attached hydrogens (tertiary/aromatic N) is 1. The summed E-state index contributed by atoms with van der Waals surface area (Å²) in [6.45, 7) is 2.34. The van der Waals surface area contributed by atoms with Gasteiger partial charge in [-0.3, -0.25) is 0 Å². The monoisotopic (exact) mass is 258 g/mol. The molecular formula is C16H19FN2. The van der Waals surface area contributed by atoms with Crippen molar-refractivity contribution in [2.45, 2.75) is 13.0 Å². The minimum absolute atomic E-state index is 0.206. The van der Waals surface area contributed by atoms with Crippen LogP contribution in [0.4, 0.5) is 10.1 Å². The Hall–Kier alpha value is -1.87. The fraction of sp³-hybridized carbons (Fsp3) is 0.250. The second-order valence-electron chi connectivity index (χ2n) is 4.53. The molecule has 0 amide bonds. The molecule has 2 N–H and O–H groups in total. The van der Waals surface area contributed by atoms with Gasteiger partial charge in [-0.2, -0.15) is 0 Å². The van der Waals surface area contributed by atoms with Crippen molar-refractivity contribution in [3.63, 3.8) is 0 Å². The predicted octanol–water partition coefficient (Wildman–Crippen LogP) is 3.18. The molecule has 0 aromatic heterocycles. The molecule has 2 aromatic carbocycles. The van der Waals surface area contributed by atoms with Crippen molar-refractivity contribution in [2.75, 3.05) is 18.0 Å². The van der Waals surface area contributed by atoms with E-state index < -0.39 is 0 Å². The molecule has 2 aromatic rings. The third-order valence-corrected chi connectivity index (χ3v) is 3.04. The maximum absolute atomic E-state index is 13.0. The minimum atomic E-state index is -0.206. The van der Waals surface area contributed by atoms with Gasteiger partial charge in [-0.1, -0.05) is 30.3 Å². The second-order valence-corrected chi connectivity index (χ2v) is 4.53. The molecule has 0 aliphatic rings. The SMILES string of the molecule is NCCCN(Cc1ccccc1)c1ccc(F)cc1. The van der Waals surface area contributed by atoms with Crippen LogP contribution in [0, 0.1) is 5.82 Å². The van der Waals surface area contributed by atoms with E-state index in [0.717, 1.165) is 25.2 Å². The molecular weight excluding hydrogens is 239 g/mol. The van der Waals surface area contributed by atoms with Gasteiger partial charge in [0.25, 0.3) is 0 Å². The van der Waals surface area contributed by atoms with Gasteiger partial charge in [-0.25, -0.2) is 4.39 Å². The number of halogens is 1. The molecule has 2 nitrogen and oxygen atoms in total. The standard InChI is InChI=1S/C16H19FN2/c17-15-7-9-16(10-8-15)19(12-4-11-18)13-14-5-2-1-3-6-14/h1-3,5-10H,4,11-13,18H2. The summed E-state index contributed by atoms with van der Waals surface area (Å²) in [5.74, 6) is -0.206. The van der Waals surface area contributed by atoms with Crippen LogP contribution in [0.2, 0.25) is 0 Å². The Balaban J connectivity index is 2.13. The molecule has 0 unspecified atom stereocenters. The van der Waals surface area contributed by atoms with Crippen molar-refractivity contribution < 1.29 is 4.39 Å². The Morgan fingerprint density at radius 3 is 2.26 bits per heavy atom. The Morgan fingerprint density at radius 1 is 0.947 bits per heavy atom. The fourth-order valence-electron chi connectivity index (χ4n) is 2.04. The molecule has 0 saturated carbocycles. The van der Waals surface area contributed by atoms with E-state index in [-0.39, 0.29) is 5.82 Å². The van der Waals surface area contributed by atoms with E-state index >= 15 is 0 Å². The topological polar surface area (TPSA) is 29.3 Å². The molecule has 0 bridgehead atoms. The van der Waals surface area contributed by atoms with Crippen molar-refractivity contribution in [3.05, 3.63) is 66.0 Å². The van der Waals surface area contributed by atoms with Crippen LogP contribution in [0.25, 0.3) is 0 Å². The molecule has 3 heteroatoms. The number of rotatable bonds is 6. The average molecular weight is 258 g/mol. The van der Waals surface area contributed by atoms with E-state index in [1.54, 1.807) is 0 Å². The Labute approximate surface area is 113 Å². The summed E-state index contributed by atoms with van der Waals surface area (Å²) in [5.41, 5.74) is 7.85. The molecule has 2 rings (SSSR count). The van der Waals surface area contributed by atoms with E-state index in [9.17, 15) is 4.39 Å². The number of anilines is 1. The molecule has 0 saturated heterocycles. The van der Waals surface area contributed by atoms with Crippen LogP contribution in [0.1, 0.15) is 12.0 Å². The number of hydrogen-bond donors (Lipinski definition) is 1. The van der Waals surface area contributed by atoms with Crippen LogP contribution in [-0.2, 0) is 6.54 Å². The number of hydrogen-bond acceptors (Lipinski definition) is 2. The van der Waals surface area contributed by atoms with Crippen molar-refractivity contribution in [1.82, 2.24) is 0 Å². The van der Waals surface area contributed by atoms with Gasteiger partial charge in [0.1, 0.15) is 5.82 Å². The Kier molecular flexibility index (Phi) is 4.93. The quantitative estimate of drug-likeness (QED) is 0.862. The smallest absolute Gasteiger partial charge is 0.123 e. The average Bonchev–Trinajstić information content (AvgIpc) is 2.45. The third-order valence-electron chi connectivity index (χ3n) is 3.04. The van der Waals surface area contributed by atoms with Crippen LogP contribution in [0.3, 0.4) is 0 Å². The zero-order chi connectivity index (χ0) is 13.5. The van der Waals surface area contributed by atoms with Gasteiger partial charge in [0.15, 0.2) is 0 Å². The van der Waals surface area contributed by atoms with Crippen molar-refractivity contribution >= 4 is 5.69 Å². The van der Waals surface area contributed by atoms with E-state index in [1.165, 1.54) is 17.7 Å². The minimum Gasteiger partial charge on any atom is -0.367 e. The van der Waals surface area contributed by atoms with Crippen molar-refractivity contribution in [2.24, 2.45) is 5.73 Å². The predicted molar refractivity (Wildman–Crippen MR) is 77.6 cm³/mol. The highest BCUT2D eigenvalue weighted by atomic mass is 19.1. The lowest BCUT2D eigenvalue weighted by Gasteiger charge is -2.25. The van der Waals surface area contributed by atoms with E-state index in [1.807, 2.05) is 30.3 Å². The van der Waals surface area contributed by atoms with E-state index in [4.69, 9.17) is 5.73 Å². The molecule has 19 heavy (non-hydrogen) atoms. The van der Waals surface area contributed by atoms with Crippen LogP contribution in [0.5, 0.6) is 0 Å². The summed E-state index contributed by atoms with van der Waals surface area (Å²) < 4.78 is 13.0. The molecule has 0 fully saturated rings. The first-order chi connectivity index (χ1) is 9.29. The molecule has 100 valence electrons. The van der Waals surface area contributed by atoms with Crippen LogP contribution < -0.4 is 10.6 Å². The lowest BCUT2D eigenvalue weighted by Crippen LogP contribution is -2.25. The third kappa shape index (κ3) is 4.07. The highest BCUT2D eigenvalue weighted by molar-refractivity contribution is 5.46. The molecule has 0 radical (unpaired) electrons. The van der Waals surface area contributed by atoms with E-state index in [2.05, 4.69) is 17.0 Å². The maximum atomic E-state index is 13.0. The summed E-state index contributed by atoms with van der Waals surface area (Å²) in [6, 6.07) is 16.9. The maximum Gasteiger partial charge on any atom is 0.123 e. The first kappa shape index (κ1) is 13.6.